The van der Waals surface area contributed by atoms with E-state index in [0.717, 1.165) is 11.3 Å². The Hall–Kier alpha value is -2.80. The number of thioether (sulfide) groups is 1. The molecule has 0 aliphatic rings. The lowest BCUT2D eigenvalue weighted by Crippen LogP contribution is -2.21. The van der Waals surface area contributed by atoms with Crippen molar-refractivity contribution in [1.82, 2.24) is 5.43 Å². The third-order valence-electron chi connectivity index (χ3n) is 3.13. The van der Waals surface area contributed by atoms with Crippen LogP contribution in [0.2, 0.25) is 0 Å². The van der Waals surface area contributed by atoms with E-state index >= 15 is 0 Å². The van der Waals surface area contributed by atoms with E-state index in [1.807, 2.05) is 31.2 Å². The highest BCUT2D eigenvalue weighted by Gasteiger charge is 2.05. The minimum absolute atomic E-state index is 0.0858. The van der Waals surface area contributed by atoms with E-state index in [0.29, 0.717) is 5.56 Å². The zero-order valence-corrected chi connectivity index (χ0v) is 14.5. The highest BCUT2D eigenvalue weighted by molar-refractivity contribution is 8.00. The van der Waals surface area contributed by atoms with Gasteiger partial charge in [0.05, 0.1) is 17.7 Å². The Morgan fingerprint density at radius 2 is 1.76 bits per heavy atom. The summed E-state index contributed by atoms with van der Waals surface area (Å²) in [6.07, 6.45) is 1.36. The molecule has 2 aromatic rings. The maximum Gasteiger partial charge on any atom is 0.250 e. The fraction of sp³-hybridized carbons (Fsp3) is 0.167. The summed E-state index contributed by atoms with van der Waals surface area (Å²) in [6.45, 7) is 1.97. The number of hydrogen-bond acceptors (Lipinski definition) is 5. The molecule has 0 atom stereocenters. The topological polar surface area (TPSA) is 90.8 Å². The van der Waals surface area contributed by atoms with Crippen LogP contribution in [0.4, 0.5) is 5.69 Å². The third kappa shape index (κ3) is 6.68. The number of phenolic OH excluding ortho intramolecular Hbond substituents is 1. The Morgan fingerprint density at radius 3 is 2.48 bits per heavy atom. The number of nitrogens with zero attached hydrogens (tertiary/aromatic N) is 1. The van der Waals surface area contributed by atoms with E-state index in [2.05, 4.69) is 15.8 Å². The number of amides is 2. The second kappa shape index (κ2) is 9.48. The lowest BCUT2D eigenvalue weighted by atomic mass is 10.2. The summed E-state index contributed by atoms with van der Waals surface area (Å²) >= 11 is 1.19. The molecule has 6 nitrogen and oxygen atoms in total. The molecule has 0 spiro atoms. The van der Waals surface area contributed by atoms with Crippen LogP contribution >= 0.6 is 11.8 Å². The maximum absolute atomic E-state index is 11.8. The Kier molecular flexibility index (Phi) is 7.03. The summed E-state index contributed by atoms with van der Waals surface area (Å²) < 4.78 is 0. The van der Waals surface area contributed by atoms with Gasteiger partial charge in [0.2, 0.25) is 11.8 Å². The molecule has 2 rings (SSSR count). The van der Waals surface area contributed by atoms with Gasteiger partial charge in [0.15, 0.2) is 0 Å². The first-order valence-electron chi connectivity index (χ1n) is 7.59. The van der Waals surface area contributed by atoms with E-state index in [1.54, 1.807) is 18.2 Å². The van der Waals surface area contributed by atoms with Gasteiger partial charge in [0.25, 0.3) is 0 Å². The Balaban J connectivity index is 1.67. The molecule has 0 saturated carbocycles. The highest BCUT2D eigenvalue weighted by atomic mass is 32.2. The van der Waals surface area contributed by atoms with E-state index in [9.17, 15) is 14.7 Å². The van der Waals surface area contributed by atoms with E-state index < -0.39 is 0 Å². The Bertz CT molecular complexity index is 760. The predicted octanol–water partition coefficient (Wildman–Crippen LogP) is 2.52. The first kappa shape index (κ1) is 18.5. The molecule has 0 saturated heterocycles. The number of carbonyl (C=O) groups excluding carboxylic acids is 2. The normalized spacial score (nSPS) is 10.6. The van der Waals surface area contributed by atoms with Crippen molar-refractivity contribution < 1.29 is 14.7 Å². The average Bonchev–Trinajstić information content (AvgIpc) is 2.59. The minimum atomic E-state index is -0.320. The maximum atomic E-state index is 11.8. The van der Waals surface area contributed by atoms with Crippen molar-refractivity contribution >= 4 is 35.5 Å². The number of aromatic hydroxyl groups is 1. The van der Waals surface area contributed by atoms with Crippen LogP contribution in [0.3, 0.4) is 0 Å². The number of benzene rings is 2. The summed E-state index contributed by atoms with van der Waals surface area (Å²) in [5.74, 6) is -0.119. The number of nitrogens with one attached hydrogen (secondary N) is 2. The van der Waals surface area contributed by atoms with Crippen LogP contribution in [0.5, 0.6) is 5.75 Å². The lowest BCUT2D eigenvalue weighted by Gasteiger charge is -2.05. The van der Waals surface area contributed by atoms with Crippen molar-refractivity contribution in [2.45, 2.75) is 6.92 Å². The number of aryl methyl sites for hydroxylation is 1. The number of hydrazone groups is 1. The Labute approximate surface area is 150 Å². The number of anilines is 1. The minimum Gasteiger partial charge on any atom is -0.507 e. The number of carbonyl (C=O) groups is 2. The molecule has 3 N–H and O–H groups in total. The highest BCUT2D eigenvalue weighted by Crippen LogP contribution is 2.12. The Morgan fingerprint density at radius 1 is 1.08 bits per heavy atom. The van der Waals surface area contributed by atoms with Gasteiger partial charge >= 0.3 is 0 Å². The van der Waals surface area contributed by atoms with Crippen molar-refractivity contribution in [3.05, 3.63) is 59.7 Å². The third-order valence-corrected chi connectivity index (χ3v) is 4.06. The van der Waals surface area contributed by atoms with Crippen LogP contribution in [-0.2, 0) is 9.59 Å². The molecular weight excluding hydrogens is 338 g/mol. The van der Waals surface area contributed by atoms with Gasteiger partial charge in [-0.05, 0) is 31.2 Å². The molecule has 0 bridgehead atoms. The second-order valence-electron chi connectivity index (χ2n) is 5.26. The van der Waals surface area contributed by atoms with E-state index in [-0.39, 0.29) is 29.1 Å². The number of phenols is 1. The first-order chi connectivity index (χ1) is 12.0. The molecule has 2 amide bonds. The van der Waals surface area contributed by atoms with Gasteiger partial charge in [-0.15, -0.1) is 11.8 Å². The molecule has 2 aromatic carbocycles. The molecule has 25 heavy (non-hydrogen) atoms. The first-order valence-corrected chi connectivity index (χ1v) is 8.74. The number of rotatable bonds is 7. The van der Waals surface area contributed by atoms with Gasteiger partial charge < -0.3 is 10.4 Å². The summed E-state index contributed by atoms with van der Waals surface area (Å²) in [6, 6.07) is 14.2. The quantitative estimate of drug-likeness (QED) is 0.525. The van der Waals surface area contributed by atoms with Crippen LogP contribution in [0.15, 0.2) is 53.6 Å². The summed E-state index contributed by atoms with van der Waals surface area (Å²) in [5, 5.41) is 16.1. The van der Waals surface area contributed by atoms with Crippen LogP contribution in [0.25, 0.3) is 0 Å². The van der Waals surface area contributed by atoms with Crippen molar-refractivity contribution in [3.63, 3.8) is 0 Å². The monoisotopic (exact) mass is 357 g/mol. The molecule has 0 aromatic heterocycles. The van der Waals surface area contributed by atoms with Crippen molar-refractivity contribution in [1.29, 1.82) is 0 Å². The van der Waals surface area contributed by atoms with Crippen LogP contribution in [-0.4, -0.2) is 34.6 Å². The number of para-hydroxylation sites is 1. The van der Waals surface area contributed by atoms with Gasteiger partial charge in [-0.3, -0.25) is 9.59 Å². The van der Waals surface area contributed by atoms with Crippen LogP contribution in [0, 0.1) is 6.92 Å². The van der Waals surface area contributed by atoms with Gasteiger partial charge in [0, 0.05) is 11.3 Å². The molecular formula is C18H19N3O3S. The summed E-state index contributed by atoms with van der Waals surface area (Å²) in [4.78, 5) is 23.4. The zero-order chi connectivity index (χ0) is 18.1. The van der Waals surface area contributed by atoms with Gasteiger partial charge in [-0.2, -0.15) is 5.10 Å². The van der Waals surface area contributed by atoms with Crippen LogP contribution in [0.1, 0.15) is 11.1 Å². The SMILES string of the molecule is Cc1ccc(NC(=O)CSCC(=O)NN=Cc2ccccc2O)cc1. The summed E-state index contributed by atoms with van der Waals surface area (Å²) in [7, 11) is 0. The second-order valence-corrected chi connectivity index (χ2v) is 6.24. The molecule has 130 valence electrons. The molecule has 0 unspecified atom stereocenters. The zero-order valence-electron chi connectivity index (χ0n) is 13.7. The van der Waals surface area contributed by atoms with Crippen molar-refractivity contribution in [2.24, 2.45) is 5.10 Å². The standard InChI is InChI=1S/C18H19N3O3S/c1-13-6-8-15(9-7-13)20-17(23)11-25-12-18(24)21-19-10-14-4-2-3-5-16(14)22/h2-10,22H,11-12H2,1H3,(H,20,23)(H,21,24). The molecule has 0 heterocycles. The molecule has 0 radical (unpaired) electrons. The van der Waals surface area contributed by atoms with Gasteiger partial charge in [-0.1, -0.05) is 29.8 Å². The van der Waals surface area contributed by atoms with E-state index in [4.69, 9.17) is 0 Å². The molecule has 0 aliphatic heterocycles. The number of hydrogen-bond donors (Lipinski definition) is 3. The fourth-order valence-electron chi connectivity index (χ4n) is 1.87. The van der Waals surface area contributed by atoms with Gasteiger partial charge in [0.1, 0.15) is 5.75 Å². The molecule has 0 aliphatic carbocycles. The molecule has 0 fully saturated rings. The van der Waals surface area contributed by atoms with E-state index in [1.165, 1.54) is 24.0 Å². The van der Waals surface area contributed by atoms with Crippen LogP contribution < -0.4 is 10.7 Å². The van der Waals surface area contributed by atoms with Gasteiger partial charge in [-0.25, -0.2) is 5.43 Å². The average molecular weight is 357 g/mol. The molecule has 7 heteroatoms. The van der Waals surface area contributed by atoms with Crippen molar-refractivity contribution in [2.75, 3.05) is 16.8 Å². The largest absolute Gasteiger partial charge is 0.507 e. The fourth-order valence-corrected chi connectivity index (χ4v) is 2.48. The smallest absolute Gasteiger partial charge is 0.250 e. The summed E-state index contributed by atoms with van der Waals surface area (Å²) in [5.41, 5.74) is 4.71. The lowest BCUT2D eigenvalue weighted by molar-refractivity contribution is -0.118. The predicted molar refractivity (Wildman–Crippen MR) is 101 cm³/mol. The van der Waals surface area contributed by atoms with Crippen molar-refractivity contribution in [3.8, 4) is 5.75 Å².